The Balaban J connectivity index is 1.87. The standard InChI is InChI=1S/C22H21N5O3/c1-3-29-17-10-15(11-18(12-17)30-4-2)14-24-27-22-25-20(16-8-6-5-7-9-16)19(13-23)21(28)26-22/h5-12,14H,3-4H2,1-2H3,(H2,25,26,27,28). The number of ether oxygens (including phenoxy) is 2. The Kier molecular flexibility index (Phi) is 6.79. The lowest BCUT2D eigenvalue weighted by Crippen LogP contribution is -2.16. The zero-order valence-electron chi connectivity index (χ0n) is 16.7. The molecule has 1 heterocycles. The summed E-state index contributed by atoms with van der Waals surface area (Å²) in [5.74, 6) is 1.46. The van der Waals surface area contributed by atoms with Crippen molar-refractivity contribution in [1.29, 1.82) is 5.26 Å². The summed E-state index contributed by atoms with van der Waals surface area (Å²) in [5, 5.41) is 13.5. The van der Waals surface area contributed by atoms with Crippen molar-refractivity contribution in [3.05, 3.63) is 70.0 Å². The molecular formula is C22H21N5O3. The number of hydrogen-bond acceptors (Lipinski definition) is 7. The number of anilines is 1. The second kappa shape index (κ2) is 9.89. The Hall–Kier alpha value is -4.12. The van der Waals surface area contributed by atoms with Crippen LogP contribution in [0.2, 0.25) is 0 Å². The van der Waals surface area contributed by atoms with Gasteiger partial charge in [0.1, 0.15) is 23.1 Å². The predicted octanol–water partition coefficient (Wildman–Crippen LogP) is 3.55. The number of nitrogens with zero attached hydrogens (tertiary/aromatic N) is 3. The summed E-state index contributed by atoms with van der Waals surface area (Å²) >= 11 is 0. The van der Waals surface area contributed by atoms with Gasteiger partial charge in [-0.3, -0.25) is 9.78 Å². The van der Waals surface area contributed by atoms with E-state index in [0.717, 1.165) is 5.56 Å². The van der Waals surface area contributed by atoms with Crippen LogP contribution in [0.5, 0.6) is 11.5 Å². The van der Waals surface area contributed by atoms with Gasteiger partial charge in [0, 0.05) is 17.2 Å². The van der Waals surface area contributed by atoms with E-state index >= 15 is 0 Å². The van der Waals surface area contributed by atoms with E-state index in [0.29, 0.717) is 30.3 Å². The Morgan fingerprint density at radius 1 is 1.13 bits per heavy atom. The van der Waals surface area contributed by atoms with E-state index in [-0.39, 0.29) is 17.2 Å². The monoisotopic (exact) mass is 403 g/mol. The molecule has 0 saturated heterocycles. The molecule has 3 rings (SSSR count). The highest BCUT2D eigenvalue weighted by Crippen LogP contribution is 2.23. The van der Waals surface area contributed by atoms with Gasteiger partial charge in [-0.05, 0) is 26.0 Å². The van der Waals surface area contributed by atoms with Crippen molar-refractivity contribution >= 4 is 12.2 Å². The minimum atomic E-state index is -0.541. The lowest BCUT2D eigenvalue weighted by atomic mass is 10.1. The molecule has 0 atom stereocenters. The number of benzene rings is 2. The van der Waals surface area contributed by atoms with Gasteiger partial charge in [0.05, 0.1) is 25.1 Å². The summed E-state index contributed by atoms with van der Waals surface area (Å²) in [4.78, 5) is 19.2. The fourth-order valence-electron chi connectivity index (χ4n) is 2.77. The van der Waals surface area contributed by atoms with Crippen molar-refractivity contribution in [3.8, 4) is 28.8 Å². The van der Waals surface area contributed by atoms with Crippen LogP contribution in [-0.2, 0) is 0 Å². The first-order valence-corrected chi connectivity index (χ1v) is 9.44. The third kappa shape index (κ3) is 5.02. The van der Waals surface area contributed by atoms with E-state index in [1.165, 1.54) is 0 Å². The van der Waals surface area contributed by atoms with Crippen LogP contribution in [0.3, 0.4) is 0 Å². The zero-order valence-corrected chi connectivity index (χ0v) is 16.7. The van der Waals surface area contributed by atoms with Crippen molar-refractivity contribution in [2.75, 3.05) is 18.6 Å². The second-order valence-corrected chi connectivity index (χ2v) is 6.09. The molecule has 0 unspecified atom stereocenters. The smallest absolute Gasteiger partial charge is 0.270 e. The maximum Gasteiger partial charge on any atom is 0.270 e. The van der Waals surface area contributed by atoms with Crippen LogP contribution >= 0.6 is 0 Å². The van der Waals surface area contributed by atoms with Gasteiger partial charge < -0.3 is 9.47 Å². The first kappa shape index (κ1) is 20.6. The molecule has 0 aliphatic heterocycles. The minimum Gasteiger partial charge on any atom is -0.494 e. The van der Waals surface area contributed by atoms with E-state index < -0.39 is 5.56 Å². The summed E-state index contributed by atoms with van der Waals surface area (Å²) in [6, 6.07) is 16.4. The average Bonchev–Trinajstić information content (AvgIpc) is 2.74. The van der Waals surface area contributed by atoms with Crippen molar-refractivity contribution in [1.82, 2.24) is 9.97 Å². The Bertz CT molecular complexity index is 1110. The van der Waals surface area contributed by atoms with E-state index in [4.69, 9.17) is 9.47 Å². The molecule has 0 bridgehead atoms. The van der Waals surface area contributed by atoms with Crippen LogP contribution in [0.15, 0.2) is 58.4 Å². The number of aromatic amines is 1. The van der Waals surface area contributed by atoms with E-state index in [9.17, 15) is 10.1 Å². The van der Waals surface area contributed by atoms with Gasteiger partial charge in [-0.25, -0.2) is 10.4 Å². The SMILES string of the molecule is CCOc1cc(C=NNc2nc(-c3ccccc3)c(C#N)c(=O)[nH]2)cc(OCC)c1. The first-order valence-electron chi connectivity index (χ1n) is 9.44. The van der Waals surface area contributed by atoms with Gasteiger partial charge in [0.2, 0.25) is 5.95 Å². The second-order valence-electron chi connectivity index (χ2n) is 6.09. The van der Waals surface area contributed by atoms with Gasteiger partial charge in [0.15, 0.2) is 0 Å². The minimum absolute atomic E-state index is 0.0542. The summed E-state index contributed by atoms with van der Waals surface area (Å²) < 4.78 is 11.1. The molecule has 0 spiro atoms. The fraction of sp³-hybridized carbons (Fsp3) is 0.182. The number of hydrogen-bond donors (Lipinski definition) is 2. The number of hydrazone groups is 1. The van der Waals surface area contributed by atoms with Crippen LogP contribution in [0.25, 0.3) is 11.3 Å². The molecule has 8 nitrogen and oxygen atoms in total. The maximum absolute atomic E-state index is 12.3. The highest BCUT2D eigenvalue weighted by atomic mass is 16.5. The van der Waals surface area contributed by atoms with Crippen molar-refractivity contribution < 1.29 is 9.47 Å². The average molecular weight is 403 g/mol. The fourth-order valence-corrected chi connectivity index (χ4v) is 2.77. The van der Waals surface area contributed by atoms with Gasteiger partial charge in [0.25, 0.3) is 5.56 Å². The quantitative estimate of drug-likeness (QED) is 0.439. The Morgan fingerprint density at radius 2 is 1.80 bits per heavy atom. The maximum atomic E-state index is 12.3. The van der Waals surface area contributed by atoms with Gasteiger partial charge >= 0.3 is 0 Å². The predicted molar refractivity (Wildman–Crippen MR) is 115 cm³/mol. The number of H-pyrrole nitrogens is 1. The van der Waals surface area contributed by atoms with Crippen LogP contribution in [0.1, 0.15) is 25.0 Å². The molecule has 3 aromatic rings. The van der Waals surface area contributed by atoms with Crippen LogP contribution in [0.4, 0.5) is 5.95 Å². The third-order valence-corrected chi connectivity index (χ3v) is 3.99. The summed E-state index contributed by atoms with van der Waals surface area (Å²) in [6.45, 7) is 4.87. The van der Waals surface area contributed by atoms with Gasteiger partial charge in [-0.2, -0.15) is 10.4 Å². The molecule has 0 aliphatic rings. The Morgan fingerprint density at radius 3 is 2.40 bits per heavy atom. The normalized spacial score (nSPS) is 10.6. The topological polar surface area (TPSA) is 112 Å². The molecule has 152 valence electrons. The van der Waals surface area contributed by atoms with Crippen molar-refractivity contribution in [2.45, 2.75) is 13.8 Å². The molecule has 0 aliphatic carbocycles. The van der Waals surface area contributed by atoms with E-state index in [1.807, 2.05) is 56.3 Å². The number of nitrogens with one attached hydrogen (secondary N) is 2. The molecule has 30 heavy (non-hydrogen) atoms. The highest BCUT2D eigenvalue weighted by molar-refractivity contribution is 5.81. The largest absolute Gasteiger partial charge is 0.494 e. The van der Waals surface area contributed by atoms with Crippen LogP contribution < -0.4 is 20.5 Å². The first-order chi connectivity index (χ1) is 14.6. The molecule has 0 fully saturated rings. The van der Waals surface area contributed by atoms with Crippen LogP contribution in [-0.4, -0.2) is 29.4 Å². The number of rotatable bonds is 8. The van der Waals surface area contributed by atoms with Crippen molar-refractivity contribution in [3.63, 3.8) is 0 Å². The lowest BCUT2D eigenvalue weighted by Gasteiger charge is -2.09. The molecule has 1 aromatic heterocycles. The summed E-state index contributed by atoms with van der Waals surface area (Å²) in [5.41, 5.74) is 3.81. The molecule has 0 amide bonds. The summed E-state index contributed by atoms with van der Waals surface area (Å²) in [7, 11) is 0. The van der Waals surface area contributed by atoms with Gasteiger partial charge in [-0.1, -0.05) is 30.3 Å². The molecule has 0 radical (unpaired) electrons. The lowest BCUT2D eigenvalue weighted by molar-refractivity contribution is 0.323. The number of aromatic nitrogens is 2. The zero-order chi connectivity index (χ0) is 21.3. The molecule has 2 N–H and O–H groups in total. The van der Waals surface area contributed by atoms with Gasteiger partial charge in [-0.15, -0.1) is 0 Å². The number of nitriles is 1. The molecule has 0 saturated carbocycles. The third-order valence-electron chi connectivity index (χ3n) is 3.99. The summed E-state index contributed by atoms with van der Waals surface area (Å²) in [6.07, 6.45) is 1.56. The van der Waals surface area contributed by atoms with E-state index in [2.05, 4.69) is 20.5 Å². The molecule has 2 aromatic carbocycles. The molecule has 8 heteroatoms. The Labute approximate surface area is 173 Å². The van der Waals surface area contributed by atoms with Crippen molar-refractivity contribution in [2.24, 2.45) is 5.10 Å². The van der Waals surface area contributed by atoms with Crippen LogP contribution in [0, 0.1) is 11.3 Å². The molecular weight excluding hydrogens is 382 g/mol. The highest BCUT2D eigenvalue weighted by Gasteiger charge is 2.12. The van der Waals surface area contributed by atoms with E-state index in [1.54, 1.807) is 18.3 Å².